The van der Waals surface area contributed by atoms with Gasteiger partial charge in [0.15, 0.2) is 0 Å². The number of furan rings is 1. The summed E-state index contributed by atoms with van der Waals surface area (Å²) in [5.74, 6) is 0. The smallest absolute Gasteiger partial charge is 0.252 e. The molecule has 410 valence electrons. The highest BCUT2D eigenvalue weighted by molar-refractivity contribution is 7.00. The van der Waals surface area contributed by atoms with Gasteiger partial charge in [0.05, 0.1) is 11.4 Å². The standard InChI is InChI=1S/C76H82BN3O/c1-70(2,3)67-61(33-31-52-51-28-22-23-29-66(51)81-69(52)67)80-63-46-58-56(74(10,11)37-39-76(58,14)15)44-60(63)77-59-43-55-57(75(12,13)38-36-73(55,8)9)45-62(59)79(49-30-32-53-54(40-49)72(6,7)35-34-71(53,4)5)64-41-50(42-65(80)68(64)77)78(47-24-18-16-19-25-47)48-26-20-17-21-27-48/h16-33,40-46H,34-39H2,1-15H3. The third-order valence-electron chi connectivity index (χ3n) is 20.9. The normalized spacial score (nSPS) is 19.3. The first kappa shape index (κ1) is 52.1. The largest absolute Gasteiger partial charge is 0.456 e. The first-order valence-corrected chi connectivity index (χ1v) is 30.4. The van der Waals surface area contributed by atoms with Gasteiger partial charge in [-0.15, -0.1) is 0 Å². The van der Waals surface area contributed by atoms with Crippen LogP contribution in [0, 0.1) is 0 Å². The fourth-order valence-electron chi connectivity index (χ4n) is 15.8. The highest BCUT2D eigenvalue weighted by Crippen LogP contribution is 2.57. The van der Waals surface area contributed by atoms with E-state index in [0.29, 0.717) is 0 Å². The number of nitrogens with zero attached hydrogens (tertiary/aromatic N) is 3. The van der Waals surface area contributed by atoms with Gasteiger partial charge in [-0.05, 0) is 205 Å². The number of fused-ring (bicyclic) bond motifs is 10. The molecular weight excluding hydrogens is 982 g/mol. The summed E-state index contributed by atoms with van der Waals surface area (Å²) in [4.78, 5) is 7.95. The fourth-order valence-corrected chi connectivity index (χ4v) is 15.8. The molecule has 0 bridgehead atoms. The monoisotopic (exact) mass is 1060 g/mol. The van der Waals surface area contributed by atoms with Crippen LogP contribution in [0.25, 0.3) is 21.9 Å². The molecule has 5 aliphatic rings. The highest BCUT2D eigenvalue weighted by Gasteiger charge is 2.50. The van der Waals surface area contributed by atoms with Crippen molar-refractivity contribution in [2.75, 3.05) is 14.7 Å². The van der Waals surface area contributed by atoms with Gasteiger partial charge in [0.2, 0.25) is 0 Å². The van der Waals surface area contributed by atoms with Gasteiger partial charge < -0.3 is 19.1 Å². The van der Waals surface area contributed by atoms with E-state index in [1.807, 2.05) is 0 Å². The van der Waals surface area contributed by atoms with Crippen molar-refractivity contribution in [3.63, 3.8) is 0 Å². The molecule has 0 spiro atoms. The first-order chi connectivity index (χ1) is 38.3. The van der Waals surface area contributed by atoms with Crippen LogP contribution in [0.1, 0.15) is 181 Å². The summed E-state index contributed by atoms with van der Waals surface area (Å²) in [7, 11) is 0. The average Bonchev–Trinajstić information content (AvgIpc) is 1.78. The molecule has 0 atom stereocenters. The molecule has 9 aromatic rings. The van der Waals surface area contributed by atoms with Gasteiger partial charge >= 0.3 is 0 Å². The lowest BCUT2D eigenvalue weighted by atomic mass is 9.32. The van der Waals surface area contributed by atoms with Crippen LogP contribution < -0.4 is 31.1 Å². The quantitative estimate of drug-likeness (QED) is 0.160. The minimum atomic E-state index is -0.313. The van der Waals surface area contributed by atoms with Crippen molar-refractivity contribution in [3.05, 3.63) is 191 Å². The summed E-state index contributed by atoms with van der Waals surface area (Å²) in [6.07, 6.45) is 6.89. The van der Waals surface area contributed by atoms with E-state index < -0.39 is 0 Å². The second-order valence-electron chi connectivity index (χ2n) is 30.1. The molecule has 0 radical (unpaired) electrons. The van der Waals surface area contributed by atoms with Gasteiger partial charge in [0, 0.05) is 56.1 Å². The number of rotatable bonds is 5. The van der Waals surface area contributed by atoms with Gasteiger partial charge in [0.1, 0.15) is 11.2 Å². The lowest BCUT2D eigenvalue weighted by Crippen LogP contribution is -2.62. The van der Waals surface area contributed by atoms with Gasteiger partial charge in [-0.1, -0.05) is 177 Å². The Morgan fingerprint density at radius 2 is 0.840 bits per heavy atom. The van der Waals surface area contributed by atoms with Gasteiger partial charge in [-0.3, -0.25) is 0 Å². The van der Waals surface area contributed by atoms with Crippen molar-refractivity contribution in [3.8, 4) is 0 Å². The lowest BCUT2D eigenvalue weighted by molar-refractivity contribution is 0.332. The summed E-state index contributed by atoms with van der Waals surface area (Å²) in [6.45, 7) is 37.0. The van der Waals surface area contributed by atoms with Crippen molar-refractivity contribution in [1.29, 1.82) is 0 Å². The predicted molar refractivity (Wildman–Crippen MR) is 347 cm³/mol. The SMILES string of the molecule is CC(C)(C)c1c(N2c3cc4c(cc3B3c5cc6c(cc5N(c5ccc7c(c5)C(C)(C)CCC7(C)C)c5cc(N(c7ccccc7)c7ccccc7)cc2c53)C(C)(C)CCC6(C)C)C(C)(C)CCC4(C)C)ccc2c1oc1ccccc12. The molecule has 0 unspecified atom stereocenters. The molecule has 14 rings (SSSR count). The molecule has 5 heteroatoms. The molecule has 2 aliphatic heterocycles. The lowest BCUT2D eigenvalue weighted by Gasteiger charge is -2.49. The number of anilines is 9. The van der Waals surface area contributed by atoms with E-state index >= 15 is 0 Å². The molecule has 0 saturated carbocycles. The van der Waals surface area contributed by atoms with Crippen molar-refractivity contribution in [2.45, 2.75) is 180 Å². The van der Waals surface area contributed by atoms with Crippen LogP contribution in [0.3, 0.4) is 0 Å². The summed E-state index contributed by atoms with van der Waals surface area (Å²) in [6, 6.07) is 59.0. The van der Waals surface area contributed by atoms with Crippen LogP contribution >= 0.6 is 0 Å². The molecule has 0 amide bonds. The minimum Gasteiger partial charge on any atom is -0.456 e. The Morgan fingerprint density at radius 3 is 1.36 bits per heavy atom. The zero-order valence-electron chi connectivity index (χ0n) is 51.0. The van der Waals surface area contributed by atoms with Crippen LogP contribution in [0.4, 0.5) is 51.2 Å². The van der Waals surface area contributed by atoms with Crippen molar-refractivity contribution in [1.82, 2.24) is 0 Å². The molecule has 3 aliphatic carbocycles. The number of benzene rings is 8. The summed E-state index contributed by atoms with van der Waals surface area (Å²) in [5, 5.41) is 2.31. The Labute approximate surface area is 483 Å². The van der Waals surface area contributed by atoms with E-state index in [1.165, 1.54) is 90.2 Å². The zero-order valence-corrected chi connectivity index (χ0v) is 51.0. The maximum Gasteiger partial charge on any atom is 0.252 e. The number of hydrogen-bond acceptors (Lipinski definition) is 4. The van der Waals surface area contributed by atoms with Crippen LogP contribution in [0.15, 0.2) is 156 Å². The first-order valence-electron chi connectivity index (χ1n) is 30.4. The molecule has 8 aromatic carbocycles. The van der Waals surface area contributed by atoms with Crippen molar-refractivity contribution in [2.24, 2.45) is 0 Å². The van der Waals surface area contributed by atoms with Gasteiger partial charge in [-0.2, -0.15) is 0 Å². The molecule has 4 nitrogen and oxygen atoms in total. The van der Waals surface area contributed by atoms with Crippen molar-refractivity contribution < 1.29 is 4.42 Å². The summed E-state index contributed by atoms with van der Waals surface area (Å²) in [5.41, 5.74) is 26.6. The van der Waals surface area contributed by atoms with E-state index in [4.69, 9.17) is 4.42 Å². The van der Waals surface area contributed by atoms with E-state index in [0.717, 1.165) is 76.8 Å². The van der Waals surface area contributed by atoms with E-state index in [1.54, 1.807) is 0 Å². The van der Waals surface area contributed by atoms with E-state index in [2.05, 4.69) is 270 Å². The molecule has 81 heavy (non-hydrogen) atoms. The minimum absolute atomic E-state index is 0.0000230. The van der Waals surface area contributed by atoms with Crippen LogP contribution in [0.5, 0.6) is 0 Å². The van der Waals surface area contributed by atoms with E-state index in [-0.39, 0.29) is 44.6 Å². The summed E-state index contributed by atoms with van der Waals surface area (Å²) >= 11 is 0. The van der Waals surface area contributed by atoms with E-state index in [9.17, 15) is 0 Å². The Bertz CT molecular complexity index is 4030. The fraction of sp³-hybridized carbons (Fsp3) is 0.368. The molecule has 0 fully saturated rings. The summed E-state index contributed by atoms with van der Waals surface area (Å²) < 4.78 is 7.17. The molecule has 3 heterocycles. The maximum atomic E-state index is 7.17. The molecule has 0 N–H and O–H groups in total. The Kier molecular flexibility index (Phi) is 11.1. The number of hydrogen-bond donors (Lipinski definition) is 0. The third kappa shape index (κ3) is 7.82. The second-order valence-corrected chi connectivity index (χ2v) is 30.1. The second kappa shape index (κ2) is 17.3. The van der Waals surface area contributed by atoms with Crippen LogP contribution in [-0.2, 0) is 37.9 Å². The molecule has 1 aromatic heterocycles. The van der Waals surface area contributed by atoms with Crippen LogP contribution in [0.2, 0.25) is 0 Å². The Morgan fingerprint density at radius 1 is 0.395 bits per heavy atom. The third-order valence-corrected chi connectivity index (χ3v) is 20.9. The van der Waals surface area contributed by atoms with Gasteiger partial charge in [-0.25, -0.2) is 0 Å². The zero-order chi connectivity index (χ0) is 56.7. The molecule has 0 saturated heterocycles. The highest BCUT2D eigenvalue weighted by atomic mass is 16.3. The Balaban J connectivity index is 1.19. The number of para-hydroxylation sites is 3. The van der Waals surface area contributed by atoms with Crippen molar-refractivity contribution >= 4 is 96.2 Å². The topological polar surface area (TPSA) is 22.9 Å². The van der Waals surface area contributed by atoms with Crippen LogP contribution in [-0.4, -0.2) is 6.71 Å². The van der Waals surface area contributed by atoms with Gasteiger partial charge in [0.25, 0.3) is 6.71 Å². The molecular formula is C76H82BN3O. The average molecular weight is 1060 g/mol. The predicted octanol–water partition coefficient (Wildman–Crippen LogP) is 19.5. The Hall–Kier alpha value is -6.98. The maximum absolute atomic E-state index is 7.17.